The summed E-state index contributed by atoms with van der Waals surface area (Å²) in [6, 6.07) is 2.19. The molecule has 94 valence electrons. The summed E-state index contributed by atoms with van der Waals surface area (Å²) in [5.74, 6) is 0.524. The molecule has 0 spiro atoms. The molecule has 1 saturated heterocycles. The van der Waals surface area contributed by atoms with E-state index in [4.69, 9.17) is 0 Å². The van der Waals surface area contributed by atoms with Gasteiger partial charge in [-0.25, -0.2) is 0 Å². The summed E-state index contributed by atoms with van der Waals surface area (Å²) in [6.07, 6.45) is 6.10. The van der Waals surface area contributed by atoms with Crippen molar-refractivity contribution in [2.24, 2.45) is 0 Å². The molecule has 1 aromatic heterocycles. The maximum atomic E-state index is 4.51. The Morgan fingerprint density at radius 3 is 2.59 bits per heavy atom. The average molecular weight is 232 g/mol. The van der Waals surface area contributed by atoms with Crippen molar-refractivity contribution in [1.29, 1.82) is 0 Å². The minimum absolute atomic E-state index is 0.524. The van der Waals surface area contributed by atoms with E-state index >= 15 is 0 Å². The predicted molar refractivity (Wildman–Crippen MR) is 72.2 cm³/mol. The van der Waals surface area contributed by atoms with Crippen LogP contribution < -0.4 is 0 Å². The second-order valence-corrected chi connectivity index (χ2v) is 5.47. The number of piperidine rings is 1. The molecule has 0 amide bonds. The third-order valence-corrected chi connectivity index (χ3v) is 3.74. The number of aromatic nitrogens is 1. The van der Waals surface area contributed by atoms with Gasteiger partial charge in [-0.1, -0.05) is 20.3 Å². The number of pyridine rings is 1. The Bertz CT molecular complexity index is 365. The van der Waals surface area contributed by atoms with Crippen LogP contribution in [0.3, 0.4) is 0 Å². The molecule has 17 heavy (non-hydrogen) atoms. The summed E-state index contributed by atoms with van der Waals surface area (Å²) in [5, 5.41) is 0. The van der Waals surface area contributed by atoms with Crippen molar-refractivity contribution in [3.8, 4) is 0 Å². The van der Waals surface area contributed by atoms with Gasteiger partial charge in [-0.15, -0.1) is 0 Å². The molecule has 0 N–H and O–H groups in total. The summed E-state index contributed by atoms with van der Waals surface area (Å²) in [6.45, 7) is 10.3. The Hall–Kier alpha value is -0.890. The van der Waals surface area contributed by atoms with Gasteiger partial charge in [0.2, 0.25) is 0 Å². The zero-order valence-corrected chi connectivity index (χ0v) is 11.4. The van der Waals surface area contributed by atoms with Crippen LogP contribution in [0.15, 0.2) is 12.3 Å². The van der Waals surface area contributed by atoms with Gasteiger partial charge in [-0.2, -0.15) is 0 Å². The lowest BCUT2D eigenvalue weighted by Crippen LogP contribution is -2.29. The quantitative estimate of drug-likeness (QED) is 0.793. The highest BCUT2D eigenvalue weighted by molar-refractivity contribution is 5.30. The highest BCUT2D eigenvalue weighted by Gasteiger charge is 2.14. The monoisotopic (exact) mass is 232 g/mol. The molecule has 2 rings (SSSR count). The Balaban J connectivity index is 2.12. The van der Waals surface area contributed by atoms with Crippen LogP contribution in [0.4, 0.5) is 0 Å². The predicted octanol–water partition coefficient (Wildman–Crippen LogP) is 3.50. The molecule has 2 nitrogen and oxygen atoms in total. The number of likely N-dealkylation sites (tertiary alicyclic amines) is 1. The first-order chi connectivity index (χ1) is 8.18. The van der Waals surface area contributed by atoms with Crippen LogP contribution in [0.5, 0.6) is 0 Å². The van der Waals surface area contributed by atoms with Crippen LogP contribution in [0, 0.1) is 6.92 Å². The summed E-state index contributed by atoms with van der Waals surface area (Å²) in [7, 11) is 0. The molecule has 0 atom stereocenters. The molecule has 2 heterocycles. The third kappa shape index (κ3) is 3.06. The van der Waals surface area contributed by atoms with Gasteiger partial charge in [0.1, 0.15) is 0 Å². The van der Waals surface area contributed by atoms with E-state index in [1.165, 1.54) is 49.2 Å². The van der Waals surface area contributed by atoms with Crippen molar-refractivity contribution in [3.05, 3.63) is 29.1 Å². The largest absolute Gasteiger partial charge is 0.299 e. The molecular formula is C15H24N2. The lowest BCUT2D eigenvalue weighted by Gasteiger charge is -2.27. The van der Waals surface area contributed by atoms with Crippen molar-refractivity contribution in [3.63, 3.8) is 0 Å². The molecule has 0 unspecified atom stereocenters. The second kappa shape index (κ2) is 5.63. The summed E-state index contributed by atoms with van der Waals surface area (Å²) >= 11 is 0. The zero-order valence-electron chi connectivity index (χ0n) is 11.4. The molecule has 0 radical (unpaired) electrons. The van der Waals surface area contributed by atoms with Gasteiger partial charge in [0, 0.05) is 18.4 Å². The van der Waals surface area contributed by atoms with Crippen LogP contribution in [-0.4, -0.2) is 23.0 Å². The maximum absolute atomic E-state index is 4.51. The standard InChI is InChI=1S/C15H24N2/c1-12(2)15-13(3)14(7-8-16-15)11-17-9-5-4-6-10-17/h7-8,12H,4-6,9-11H2,1-3H3. The molecule has 0 aliphatic carbocycles. The van der Waals surface area contributed by atoms with E-state index in [0.29, 0.717) is 5.92 Å². The fourth-order valence-corrected chi connectivity index (χ4v) is 2.71. The highest BCUT2D eigenvalue weighted by Crippen LogP contribution is 2.21. The number of hydrogen-bond donors (Lipinski definition) is 0. The Labute approximate surface area is 105 Å². The Morgan fingerprint density at radius 1 is 1.24 bits per heavy atom. The Morgan fingerprint density at radius 2 is 1.94 bits per heavy atom. The van der Waals surface area contributed by atoms with Gasteiger partial charge in [0.05, 0.1) is 0 Å². The molecule has 1 aromatic rings. The third-order valence-electron chi connectivity index (χ3n) is 3.74. The van der Waals surface area contributed by atoms with Crippen molar-refractivity contribution < 1.29 is 0 Å². The van der Waals surface area contributed by atoms with Gasteiger partial charge in [-0.05, 0) is 56.0 Å². The number of hydrogen-bond acceptors (Lipinski definition) is 2. The first-order valence-corrected chi connectivity index (χ1v) is 6.85. The fraction of sp³-hybridized carbons (Fsp3) is 0.667. The smallest absolute Gasteiger partial charge is 0.0461 e. The van der Waals surface area contributed by atoms with Gasteiger partial charge in [0.25, 0.3) is 0 Å². The van der Waals surface area contributed by atoms with E-state index in [2.05, 4.69) is 36.7 Å². The lowest BCUT2D eigenvalue weighted by atomic mass is 9.99. The molecule has 1 aliphatic rings. The fourth-order valence-electron chi connectivity index (χ4n) is 2.71. The molecule has 2 heteroatoms. The van der Waals surface area contributed by atoms with Crippen LogP contribution >= 0.6 is 0 Å². The average Bonchev–Trinajstić information content (AvgIpc) is 2.33. The summed E-state index contributed by atoms with van der Waals surface area (Å²) in [5.41, 5.74) is 4.12. The molecule has 1 fully saturated rings. The van der Waals surface area contributed by atoms with Gasteiger partial charge in [-0.3, -0.25) is 9.88 Å². The van der Waals surface area contributed by atoms with Gasteiger partial charge in [0.15, 0.2) is 0 Å². The van der Waals surface area contributed by atoms with Crippen molar-refractivity contribution in [2.45, 2.75) is 52.5 Å². The van der Waals surface area contributed by atoms with E-state index in [-0.39, 0.29) is 0 Å². The van der Waals surface area contributed by atoms with E-state index in [1.807, 2.05) is 6.20 Å². The number of nitrogens with zero attached hydrogens (tertiary/aromatic N) is 2. The molecular weight excluding hydrogens is 208 g/mol. The molecule has 0 bridgehead atoms. The Kier molecular flexibility index (Phi) is 4.16. The lowest BCUT2D eigenvalue weighted by molar-refractivity contribution is 0.220. The van der Waals surface area contributed by atoms with Gasteiger partial charge < -0.3 is 0 Å². The maximum Gasteiger partial charge on any atom is 0.0461 e. The van der Waals surface area contributed by atoms with Crippen LogP contribution in [-0.2, 0) is 6.54 Å². The van der Waals surface area contributed by atoms with E-state index < -0.39 is 0 Å². The van der Waals surface area contributed by atoms with Crippen molar-refractivity contribution >= 4 is 0 Å². The van der Waals surface area contributed by atoms with E-state index in [0.717, 1.165) is 6.54 Å². The highest BCUT2D eigenvalue weighted by atomic mass is 15.1. The first kappa shape index (κ1) is 12.6. The SMILES string of the molecule is Cc1c(CN2CCCCC2)ccnc1C(C)C. The zero-order chi connectivity index (χ0) is 12.3. The number of rotatable bonds is 3. The first-order valence-electron chi connectivity index (χ1n) is 6.85. The van der Waals surface area contributed by atoms with Crippen LogP contribution in [0.1, 0.15) is 55.8 Å². The molecule has 0 aromatic carbocycles. The van der Waals surface area contributed by atoms with Crippen molar-refractivity contribution in [2.75, 3.05) is 13.1 Å². The molecule has 1 aliphatic heterocycles. The minimum atomic E-state index is 0.524. The van der Waals surface area contributed by atoms with Gasteiger partial charge >= 0.3 is 0 Å². The van der Waals surface area contributed by atoms with Crippen molar-refractivity contribution in [1.82, 2.24) is 9.88 Å². The van der Waals surface area contributed by atoms with Crippen LogP contribution in [0.2, 0.25) is 0 Å². The molecule has 0 saturated carbocycles. The van der Waals surface area contributed by atoms with Crippen LogP contribution in [0.25, 0.3) is 0 Å². The topological polar surface area (TPSA) is 16.1 Å². The minimum Gasteiger partial charge on any atom is -0.299 e. The van der Waals surface area contributed by atoms with E-state index in [9.17, 15) is 0 Å². The summed E-state index contributed by atoms with van der Waals surface area (Å²) in [4.78, 5) is 7.09. The van der Waals surface area contributed by atoms with E-state index in [1.54, 1.807) is 0 Å². The normalized spacial score (nSPS) is 17.6. The summed E-state index contributed by atoms with van der Waals surface area (Å²) < 4.78 is 0. The second-order valence-electron chi connectivity index (χ2n) is 5.47.